The zero-order valence-electron chi connectivity index (χ0n) is 16.8. The minimum Gasteiger partial charge on any atom is -0.493 e. The third-order valence-corrected chi connectivity index (χ3v) is 7.59. The first kappa shape index (κ1) is 19.7. The maximum atomic E-state index is 13.3. The highest BCUT2D eigenvalue weighted by Crippen LogP contribution is 2.35. The Hall–Kier alpha value is -2.58. The van der Waals surface area contributed by atoms with Gasteiger partial charge in [0.15, 0.2) is 11.5 Å². The van der Waals surface area contributed by atoms with Crippen molar-refractivity contribution in [3.8, 4) is 11.5 Å². The number of hydrogen-bond acceptors (Lipinski definition) is 5. The number of hydrogen-bond donors (Lipinski definition) is 1. The van der Waals surface area contributed by atoms with E-state index in [1.807, 2.05) is 24.3 Å². The van der Waals surface area contributed by atoms with E-state index in [0.29, 0.717) is 30.2 Å². The summed E-state index contributed by atoms with van der Waals surface area (Å²) in [6.45, 7) is 2.69. The van der Waals surface area contributed by atoms with Gasteiger partial charge in [0.05, 0.1) is 30.1 Å². The summed E-state index contributed by atoms with van der Waals surface area (Å²) < 4.78 is 38.7. The van der Waals surface area contributed by atoms with Gasteiger partial charge in [0.1, 0.15) is 5.82 Å². The lowest BCUT2D eigenvalue weighted by Gasteiger charge is -2.31. The number of rotatable bonds is 5. The Balaban J connectivity index is 1.54. The molecule has 2 heterocycles. The summed E-state index contributed by atoms with van der Waals surface area (Å²) in [4.78, 5) is 8.32. The van der Waals surface area contributed by atoms with E-state index in [0.717, 1.165) is 29.7 Å². The SMILES string of the molecule is COc1cc(C)c(S(=O)(=O)N2CCC(c3nc4ccccc4[nH]3)CC2)cc1OC. The Bertz CT molecular complexity index is 1100. The van der Waals surface area contributed by atoms with Crippen molar-refractivity contribution in [1.82, 2.24) is 14.3 Å². The molecule has 0 spiro atoms. The highest BCUT2D eigenvalue weighted by atomic mass is 32.2. The van der Waals surface area contributed by atoms with Crippen LogP contribution in [0.4, 0.5) is 0 Å². The molecule has 3 aromatic rings. The number of para-hydroxylation sites is 2. The lowest BCUT2D eigenvalue weighted by molar-refractivity contribution is 0.314. The molecular formula is C21H25N3O4S. The summed E-state index contributed by atoms with van der Waals surface area (Å²) in [5, 5.41) is 0. The second kappa shape index (κ2) is 7.68. The van der Waals surface area contributed by atoms with Gasteiger partial charge >= 0.3 is 0 Å². The first-order valence-corrected chi connectivity index (χ1v) is 11.1. The number of nitrogens with zero attached hydrogens (tertiary/aromatic N) is 2. The van der Waals surface area contributed by atoms with Gasteiger partial charge in [-0.05, 0) is 43.5 Å². The number of aromatic nitrogens is 2. The molecule has 1 fully saturated rings. The molecule has 1 saturated heterocycles. The van der Waals surface area contributed by atoms with E-state index in [4.69, 9.17) is 9.47 Å². The van der Waals surface area contributed by atoms with Crippen molar-refractivity contribution >= 4 is 21.1 Å². The Morgan fingerprint density at radius 1 is 1.07 bits per heavy atom. The molecular weight excluding hydrogens is 390 g/mol. The normalized spacial score (nSPS) is 16.2. The third-order valence-electron chi connectivity index (χ3n) is 5.55. The van der Waals surface area contributed by atoms with Gasteiger partial charge in [0.2, 0.25) is 10.0 Å². The Morgan fingerprint density at radius 3 is 2.38 bits per heavy atom. The molecule has 1 aromatic heterocycles. The maximum Gasteiger partial charge on any atom is 0.243 e. The smallest absolute Gasteiger partial charge is 0.243 e. The van der Waals surface area contributed by atoms with Gasteiger partial charge in [-0.15, -0.1) is 0 Å². The molecule has 0 bridgehead atoms. The number of aromatic amines is 1. The molecule has 29 heavy (non-hydrogen) atoms. The number of nitrogens with one attached hydrogen (secondary N) is 1. The van der Waals surface area contributed by atoms with Gasteiger partial charge in [-0.2, -0.15) is 4.31 Å². The van der Waals surface area contributed by atoms with Crippen LogP contribution in [0.5, 0.6) is 11.5 Å². The first-order chi connectivity index (χ1) is 13.9. The van der Waals surface area contributed by atoms with Crippen LogP contribution in [0.25, 0.3) is 11.0 Å². The molecule has 8 heteroatoms. The zero-order chi connectivity index (χ0) is 20.6. The molecule has 154 valence electrons. The Kier molecular flexibility index (Phi) is 5.23. The summed E-state index contributed by atoms with van der Waals surface area (Å²) in [7, 11) is -0.575. The van der Waals surface area contributed by atoms with Crippen LogP contribution in [0.2, 0.25) is 0 Å². The Labute approximate surface area is 170 Å². The zero-order valence-corrected chi connectivity index (χ0v) is 17.6. The third kappa shape index (κ3) is 3.58. The molecule has 7 nitrogen and oxygen atoms in total. The molecule has 4 rings (SSSR count). The lowest BCUT2D eigenvalue weighted by Crippen LogP contribution is -2.38. The summed E-state index contributed by atoms with van der Waals surface area (Å²) in [5.74, 6) is 2.09. The number of H-pyrrole nitrogens is 1. The number of sulfonamides is 1. The standard InChI is InChI=1S/C21H25N3O4S/c1-14-12-18(27-2)19(28-3)13-20(14)29(25,26)24-10-8-15(9-11-24)21-22-16-6-4-5-7-17(16)23-21/h4-7,12-13,15H,8-11H2,1-3H3,(H,22,23). The largest absolute Gasteiger partial charge is 0.493 e. The van der Waals surface area contributed by atoms with Crippen molar-refractivity contribution < 1.29 is 17.9 Å². The summed E-state index contributed by atoms with van der Waals surface area (Å²) in [5.41, 5.74) is 2.60. The molecule has 0 unspecified atom stereocenters. The number of aryl methyl sites for hydroxylation is 1. The molecule has 0 aliphatic carbocycles. The molecule has 0 radical (unpaired) electrons. The average molecular weight is 416 g/mol. The van der Waals surface area contributed by atoms with E-state index in [1.165, 1.54) is 14.2 Å². The second-order valence-electron chi connectivity index (χ2n) is 7.29. The van der Waals surface area contributed by atoms with E-state index < -0.39 is 10.0 Å². The second-order valence-corrected chi connectivity index (χ2v) is 9.20. The van der Waals surface area contributed by atoms with Crippen molar-refractivity contribution in [2.24, 2.45) is 0 Å². The van der Waals surface area contributed by atoms with E-state index in [-0.39, 0.29) is 10.8 Å². The lowest BCUT2D eigenvalue weighted by atomic mass is 9.97. The van der Waals surface area contributed by atoms with Crippen molar-refractivity contribution in [2.45, 2.75) is 30.6 Å². The number of benzene rings is 2. The van der Waals surface area contributed by atoms with E-state index in [2.05, 4.69) is 9.97 Å². The van der Waals surface area contributed by atoms with Crippen LogP contribution in [0.3, 0.4) is 0 Å². The van der Waals surface area contributed by atoms with Crippen molar-refractivity contribution in [2.75, 3.05) is 27.3 Å². The van der Waals surface area contributed by atoms with Crippen molar-refractivity contribution in [3.63, 3.8) is 0 Å². The number of piperidine rings is 1. The minimum absolute atomic E-state index is 0.223. The Morgan fingerprint density at radius 2 is 1.72 bits per heavy atom. The predicted molar refractivity (Wildman–Crippen MR) is 111 cm³/mol. The van der Waals surface area contributed by atoms with Gasteiger partial charge in [-0.25, -0.2) is 13.4 Å². The topological polar surface area (TPSA) is 84.5 Å². The fraction of sp³-hybridized carbons (Fsp3) is 0.381. The monoisotopic (exact) mass is 415 g/mol. The predicted octanol–water partition coefficient (Wildman–Crippen LogP) is 3.46. The summed E-state index contributed by atoms with van der Waals surface area (Å²) >= 11 is 0. The van der Waals surface area contributed by atoms with Crippen LogP contribution < -0.4 is 9.47 Å². The molecule has 1 aliphatic heterocycles. The minimum atomic E-state index is -3.61. The van der Waals surface area contributed by atoms with Crippen molar-refractivity contribution in [1.29, 1.82) is 0 Å². The molecule has 1 N–H and O–H groups in total. The number of methoxy groups -OCH3 is 2. The van der Waals surface area contributed by atoms with E-state index in [1.54, 1.807) is 23.4 Å². The fourth-order valence-corrected chi connectivity index (χ4v) is 5.61. The van der Waals surface area contributed by atoms with E-state index in [9.17, 15) is 8.42 Å². The summed E-state index contributed by atoms with van der Waals surface area (Å²) in [6.07, 6.45) is 1.46. The number of fused-ring (bicyclic) bond motifs is 1. The first-order valence-electron chi connectivity index (χ1n) is 9.61. The van der Waals surface area contributed by atoms with Crippen LogP contribution in [0, 0.1) is 6.92 Å². The average Bonchev–Trinajstić information content (AvgIpc) is 3.17. The van der Waals surface area contributed by atoms with Crippen LogP contribution in [0.15, 0.2) is 41.3 Å². The number of imidazole rings is 1. The van der Waals surface area contributed by atoms with E-state index >= 15 is 0 Å². The van der Waals surface area contributed by atoms with Gasteiger partial charge in [-0.1, -0.05) is 12.1 Å². The van der Waals surface area contributed by atoms with Gasteiger partial charge < -0.3 is 14.5 Å². The van der Waals surface area contributed by atoms with Crippen LogP contribution >= 0.6 is 0 Å². The van der Waals surface area contributed by atoms with Gasteiger partial charge in [0, 0.05) is 25.1 Å². The van der Waals surface area contributed by atoms with Crippen molar-refractivity contribution in [3.05, 3.63) is 47.8 Å². The highest BCUT2D eigenvalue weighted by Gasteiger charge is 2.32. The van der Waals surface area contributed by atoms with Crippen LogP contribution in [-0.2, 0) is 10.0 Å². The van der Waals surface area contributed by atoms with Gasteiger partial charge in [-0.3, -0.25) is 0 Å². The molecule has 2 aromatic carbocycles. The quantitative estimate of drug-likeness (QED) is 0.690. The molecule has 0 saturated carbocycles. The highest BCUT2D eigenvalue weighted by molar-refractivity contribution is 7.89. The molecule has 0 atom stereocenters. The maximum absolute atomic E-state index is 13.3. The molecule has 1 aliphatic rings. The van der Waals surface area contributed by atoms with Crippen LogP contribution in [0.1, 0.15) is 30.1 Å². The summed E-state index contributed by atoms with van der Waals surface area (Å²) in [6, 6.07) is 11.2. The van der Waals surface area contributed by atoms with Crippen LogP contribution in [-0.4, -0.2) is 50.0 Å². The van der Waals surface area contributed by atoms with Gasteiger partial charge in [0.25, 0.3) is 0 Å². The molecule has 0 amide bonds. The number of ether oxygens (including phenoxy) is 2. The fourth-order valence-electron chi connectivity index (χ4n) is 3.91.